The van der Waals surface area contributed by atoms with E-state index in [1.165, 1.54) is 164 Å². The highest BCUT2D eigenvalue weighted by Crippen LogP contribution is 2.65. The van der Waals surface area contributed by atoms with E-state index in [1.54, 1.807) is 0 Å². The molecular formula is C34H76Cl16N2Si5. The number of hydrogen-bond donors (Lipinski definition) is 0. The van der Waals surface area contributed by atoms with E-state index in [2.05, 4.69) is 55.4 Å². The Morgan fingerprint density at radius 1 is 0.263 bits per heavy atom. The van der Waals surface area contributed by atoms with E-state index >= 15 is 0 Å². The molecule has 1 aliphatic rings. The van der Waals surface area contributed by atoms with Gasteiger partial charge in [-0.2, -0.15) is 0 Å². The molecule has 1 saturated heterocycles. The average molecular weight is 1220 g/mol. The lowest BCUT2D eigenvalue weighted by Crippen LogP contribution is -3.00. The highest BCUT2D eigenvalue weighted by Gasteiger charge is 2.95. The Balaban J connectivity index is -0.000000157. The Kier molecular flexibility index (Phi) is 54.4. The second-order valence-corrected chi connectivity index (χ2v) is 90.7. The summed E-state index contributed by atoms with van der Waals surface area (Å²) < 4.78 is 2.84. The van der Waals surface area contributed by atoms with Crippen LogP contribution in [0.1, 0.15) is 158 Å². The molecule has 0 atom stereocenters. The van der Waals surface area contributed by atoms with Crippen LogP contribution in [0.4, 0.5) is 0 Å². The Morgan fingerprint density at radius 3 is 0.421 bits per heavy atom. The van der Waals surface area contributed by atoms with E-state index in [0.717, 1.165) is 0 Å². The van der Waals surface area contributed by atoms with Gasteiger partial charge in [0.15, 0.2) is 0 Å². The van der Waals surface area contributed by atoms with Gasteiger partial charge in [-0.25, -0.2) is 0 Å². The molecule has 0 amide bonds. The van der Waals surface area contributed by atoms with Gasteiger partial charge in [0.1, 0.15) is 0 Å². The topological polar surface area (TPSA) is 0 Å². The second-order valence-electron chi connectivity index (χ2n) is 14.4. The monoisotopic (exact) mass is 1210 g/mol. The van der Waals surface area contributed by atoms with E-state index in [9.17, 15) is 0 Å². The highest BCUT2D eigenvalue weighted by atomic mass is 35.8. The van der Waals surface area contributed by atoms with Crippen molar-refractivity contribution in [2.45, 2.75) is 158 Å². The summed E-state index contributed by atoms with van der Waals surface area (Å²) in [6.45, 7) is 30.0. The third-order valence-electron chi connectivity index (χ3n) is 9.86. The zero-order valence-corrected chi connectivity index (χ0v) is 52.9. The Bertz CT molecular complexity index is 683. The summed E-state index contributed by atoms with van der Waals surface area (Å²) >= 11 is 80.6. The molecule has 0 aromatic carbocycles. The highest BCUT2D eigenvalue weighted by molar-refractivity contribution is 8.52. The first-order valence-corrected chi connectivity index (χ1v) is 47.7. The summed E-state index contributed by atoms with van der Waals surface area (Å²) in [6.07, 6.45) is 22.1. The minimum absolute atomic E-state index is 0. The van der Waals surface area contributed by atoms with Crippen LogP contribution in [0.3, 0.4) is 0 Å². The van der Waals surface area contributed by atoms with Crippen molar-refractivity contribution in [1.29, 1.82) is 0 Å². The molecule has 0 spiro atoms. The number of quaternary nitrogens is 2. The van der Waals surface area contributed by atoms with Crippen LogP contribution in [0.25, 0.3) is 0 Å². The lowest BCUT2D eigenvalue weighted by Gasteiger charge is -2.39. The zero-order chi connectivity index (χ0) is 43.9. The molecule has 0 aliphatic carbocycles. The Hall–Kier alpha value is 5.64. The number of unbranched alkanes of at least 4 members (excludes halogenated alkanes) is 8. The van der Waals surface area contributed by atoms with Crippen molar-refractivity contribution < 1.29 is 33.8 Å². The van der Waals surface area contributed by atoms with Gasteiger partial charge in [-0.3, -0.25) is 0 Å². The first-order chi connectivity index (χ1) is 25.6. The lowest BCUT2D eigenvalue weighted by molar-refractivity contribution is -0.929. The smallest absolute Gasteiger partial charge is 0.295 e. The van der Waals surface area contributed by atoms with Gasteiger partial charge in [0.2, 0.25) is 0 Å². The van der Waals surface area contributed by atoms with Crippen LogP contribution < -0.4 is 24.8 Å². The fourth-order valence-corrected chi connectivity index (χ4v) is 245. The van der Waals surface area contributed by atoms with Gasteiger partial charge in [-0.15, -0.1) is 157 Å². The maximum absolute atomic E-state index is 6.15. The maximum Gasteiger partial charge on any atom is 0.295 e. The van der Waals surface area contributed by atoms with Crippen LogP contribution in [0, 0.1) is 0 Å². The van der Waals surface area contributed by atoms with Gasteiger partial charge in [0.05, 0.1) is 63.0 Å². The first kappa shape index (κ1) is 74.2. The number of halogens is 16. The maximum atomic E-state index is 6.15. The molecule has 1 aliphatic heterocycles. The molecule has 0 saturated carbocycles. The molecule has 0 aromatic heterocycles. The fraction of sp³-hybridized carbons (Fsp3) is 1.00. The Labute approximate surface area is 435 Å². The van der Waals surface area contributed by atoms with Crippen LogP contribution in [0.15, 0.2) is 0 Å². The largest absolute Gasteiger partial charge is 1.00 e. The molecule has 0 N–H and O–H groups in total. The van der Waals surface area contributed by atoms with Gasteiger partial charge in [-0.1, -0.05) is 107 Å². The van der Waals surface area contributed by atoms with Crippen LogP contribution in [0.2, 0.25) is 0 Å². The predicted molar refractivity (Wildman–Crippen MR) is 279 cm³/mol. The summed E-state index contributed by atoms with van der Waals surface area (Å²) in [6, 6.07) is 0. The quantitative estimate of drug-likeness (QED) is 0.0391. The molecule has 0 unspecified atom stereocenters. The van der Waals surface area contributed by atoms with Crippen LogP contribution in [-0.4, -0.2) is 101 Å². The number of rotatable bonds is 24. The van der Waals surface area contributed by atoms with Gasteiger partial charge >= 0.3 is 0 Å². The standard InChI is InChI=1S/2C16H36N.2CH2Cl2.Cl10Si5.2ClH/c2*1-5-9-13-17(14-10-6-2,15-11-7-3)16-12-8-4;2*2-1-3;1-11(2)12(3,4)14(7,8)15(9,10)13(11,5)6;;/h2*5-16H2,1-4H3;2*1H2;;2*1H/q2*+1;;;;;/p-2. The van der Waals surface area contributed by atoms with E-state index in [0.29, 0.717) is 0 Å². The summed E-state index contributed by atoms with van der Waals surface area (Å²) in [5.74, 6) is 0. The molecule has 354 valence electrons. The molecule has 2 nitrogen and oxygen atoms in total. The summed E-state index contributed by atoms with van der Waals surface area (Å²) in [4.78, 5) is 0. The van der Waals surface area contributed by atoms with Crippen molar-refractivity contribution in [2.75, 3.05) is 63.0 Å². The van der Waals surface area contributed by atoms with Gasteiger partial charge < -0.3 is 33.8 Å². The minimum atomic E-state index is -3.39. The summed E-state index contributed by atoms with van der Waals surface area (Å²) in [7, 11) is 0. The molecular weight excluding hydrogens is 1140 g/mol. The average Bonchev–Trinajstić information content (AvgIpc) is 3.18. The molecule has 0 radical (unpaired) electrons. The summed E-state index contributed by atoms with van der Waals surface area (Å²) in [5, 5.41) is 0.389. The van der Waals surface area contributed by atoms with Crippen molar-refractivity contribution in [2.24, 2.45) is 0 Å². The molecule has 1 fully saturated rings. The third-order valence-corrected chi connectivity index (χ3v) is 168. The van der Waals surface area contributed by atoms with Gasteiger partial charge in [-0.05, 0) is 51.4 Å². The normalized spacial score (nSPS) is 16.7. The van der Waals surface area contributed by atoms with Crippen molar-refractivity contribution in [1.82, 2.24) is 0 Å². The molecule has 0 aromatic rings. The van der Waals surface area contributed by atoms with Gasteiger partial charge in [0.25, 0.3) is 28.6 Å². The predicted octanol–water partition coefficient (Wildman–Crippen LogP) is 11.8. The van der Waals surface area contributed by atoms with Crippen LogP contribution in [0.5, 0.6) is 0 Å². The van der Waals surface area contributed by atoms with E-state index in [-0.39, 0.29) is 35.5 Å². The number of hydrogen-bond acceptors (Lipinski definition) is 0. The number of alkyl halides is 4. The first-order valence-electron chi connectivity index (χ1n) is 20.4. The van der Waals surface area contributed by atoms with Crippen LogP contribution >= 0.6 is 157 Å². The minimum Gasteiger partial charge on any atom is -1.00 e. The van der Waals surface area contributed by atoms with Crippen molar-refractivity contribution in [3.63, 3.8) is 0 Å². The van der Waals surface area contributed by atoms with Crippen molar-refractivity contribution >= 4 is 186 Å². The zero-order valence-electron chi connectivity index (χ0n) is 35.8. The molecule has 1 rings (SSSR count). The number of nitrogens with zero attached hydrogens (tertiary/aromatic N) is 2. The van der Waals surface area contributed by atoms with Crippen molar-refractivity contribution in [3.8, 4) is 0 Å². The molecule has 23 heteroatoms. The summed E-state index contributed by atoms with van der Waals surface area (Å²) in [5.41, 5.74) is -16.9. The SMILES string of the molecule is CCCC[N+](CCCC)(CCCC)CCCC.CCCC[N+](CCCC)(CCCC)CCCC.ClCCl.ClCCl.Cl[Si]1(Cl)[Si](Cl)(Cl)[Si](Cl)(Cl)[Si](Cl)(Cl)[Si]1(Cl)Cl.[Cl-].[Cl-]. The molecule has 0 bridgehead atoms. The van der Waals surface area contributed by atoms with Gasteiger partial charge in [0, 0.05) is 0 Å². The Morgan fingerprint density at radius 2 is 0.351 bits per heavy atom. The van der Waals surface area contributed by atoms with E-state index in [4.69, 9.17) is 157 Å². The van der Waals surface area contributed by atoms with Crippen molar-refractivity contribution in [3.05, 3.63) is 0 Å². The third kappa shape index (κ3) is 26.7. The van der Waals surface area contributed by atoms with E-state index < -0.39 is 28.6 Å². The second kappa shape index (κ2) is 41.8. The lowest BCUT2D eigenvalue weighted by atomic mass is 10.1. The molecule has 1 heterocycles. The fourth-order valence-electron chi connectivity index (χ4n) is 6.28. The van der Waals surface area contributed by atoms with E-state index in [1.807, 2.05) is 0 Å². The molecule has 57 heavy (non-hydrogen) atoms. The van der Waals surface area contributed by atoms with Crippen LogP contribution in [-0.2, 0) is 0 Å².